The number of esters is 1. The first kappa shape index (κ1) is 14.7. The number of anilines is 1. The highest BCUT2D eigenvalue weighted by molar-refractivity contribution is 7.12. The fourth-order valence-electron chi connectivity index (χ4n) is 1.62. The summed E-state index contributed by atoms with van der Waals surface area (Å²) in [5.74, 6) is 0.385. The number of thiophene rings is 1. The maximum Gasteiger partial charge on any atom is 0.348 e. The summed E-state index contributed by atoms with van der Waals surface area (Å²) in [7, 11) is 4.95. The summed E-state index contributed by atoms with van der Waals surface area (Å²) in [4.78, 5) is 26.4. The quantitative estimate of drug-likeness (QED) is 0.811. The first-order valence-electron chi connectivity index (χ1n) is 5.69. The van der Waals surface area contributed by atoms with Gasteiger partial charge in [-0.1, -0.05) is 0 Å². The fraction of sp³-hybridized carbons (Fsp3) is 0.333. The molecular formula is C12H13ClN4O2S. The van der Waals surface area contributed by atoms with Crippen molar-refractivity contribution in [2.45, 2.75) is 6.92 Å². The molecule has 0 saturated carbocycles. The van der Waals surface area contributed by atoms with Crippen LogP contribution in [0.2, 0.25) is 5.28 Å². The maximum absolute atomic E-state index is 11.8. The van der Waals surface area contributed by atoms with Gasteiger partial charge >= 0.3 is 5.97 Å². The van der Waals surface area contributed by atoms with Crippen molar-refractivity contribution in [1.29, 1.82) is 0 Å². The van der Waals surface area contributed by atoms with Crippen LogP contribution in [0.15, 0.2) is 5.38 Å². The molecule has 0 unspecified atom stereocenters. The molecule has 0 spiro atoms. The number of ether oxygens (including phenoxy) is 1. The van der Waals surface area contributed by atoms with E-state index in [1.54, 1.807) is 19.0 Å². The lowest BCUT2D eigenvalue weighted by atomic mass is 10.1. The molecule has 0 aliphatic rings. The number of aromatic nitrogens is 3. The van der Waals surface area contributed by atoms with Gasteiger partial charge in [0, 0.05) is 19.7 Å². The minimum atomic E-state index is -0.416. The van der Waals surface area contributed by atoms with E-state index in [9.17, 15) is 4.79 Å². The number of carbonyl (C=O) groups excluding carboxylic acids is 1. The van der Waals surface area contributed by atoms with E-state index in [0.717, 1.165) is 5.56 Å². The Kier molecular flexibility index (Phi) is 4.20. The molecular weight excluding hydrogens is 300 g/mol. The Hall–Kier alpha value is -1.73. The molecule has 0 aliphatic carbocycles. The zero-order valence-corrected chi connectivity index (χ0v) is 13.0. The highest BCUT2D eigenvalue weighted by atomic mass is 35.5. The number of hydrogen-bond acceptors (Lipinski definition) is 7. The number of carbonyl (C=O) groups is 1. The molecule has 0 amide bonds. The molecule has 106 valence electrons. The highest BCUT2D eigenvalue weighted by Gasteiger charge is 2.21. The standard InChI is InChI=1S/C12H13ClN4O2S/c1-6-5-20-8(10(18)19-4)7(6)9-14-11(13)16-12(15-9)17(2)3/h5H,1-4H3. The zero-order chi connectivity index (χ0) is 14.9. The molecule has 6 nitrogen and oxygen atoms in total. The molecule has 0 fully saturated rings. The summed E-state index contributed by atoms with van der Waals surface area (Å²) < 4.78 is 4.78. The average molecular weight is 313 g/mol. The largest absolute Gasteiger partial charge is 0.465 e. The van der Waals surface area contributed by atoms with E-state index in [2.05, 4.69) is 15.0 Å². The Morgan fingerprint density at radius 2 is 2.05 bits per heavy atom. The molecule has 0 atom stereocenters. The van der Waals surface area contributed by atoms with Gasteiger partial charge in [0.2, 0.25) is 11.2 Å². The Morgan fingerprint density at radius 1 is 1.35 bits per heavy atom. The van der Waals surface area contributed by atoms with Crippen molar-refractivity contribution in [3.05, 3.63) is 21.1 Å². The molecule has 20 heavy (non-hydrogen) atoms. The molecule has 2 heterocycles. The van der Waals surface area contributed by atoms with Crippen molar-refractivity contribution < 1.29 is 9.53 Å². The number of nitrogens with zero attached hydrogens (tertiary/aromatic N) is 4. The molecule has 2 rings (SSSR count). The van der Waals surface area contributed by atoms with E-state index >= 15 is 0 Å². The number of methoxy groups -OCH3 is 1. The van der Waals surface area contributed by atoms with E-state index in [0.29, 0.717) is 22.2 Å². The molecule has 0 aromatic carbocycles. The predicted octanol–water partition coefficient (Wildman–Crippen LogP) is 2.41. The molecule has 0 bridgehead atoms. The van der Waals surface area contributed by atoms with Crippen molar-refractivity contribution >= 4 is 34.9 Å². The summed E-state index contributed by atoms with van der Waals surface area (Å²) in [6, 6.07) is 0. The fourth-order valence-corrected chi connectivity index (χ4v) is 2.73. The zero-order valence-electron chi connectivity index (χ0n) is 11.5. The molecule has 2 aromatic heterocycles. The second kappa shape index (κ2) is 5.72. The van der Waals surface area contributed by atoms with Crippen LogP contribution in [-0.2, 0) is 4.74 Å². The van der Waals surface area contributed by atoms with Crippen LogP contribution in [0, 0.1) is 6.92 Å². The van der Waals surface area contributed by atoms with Gasteiger partial charge in [-0.05, 0) is 29.5 Å². The van der Waals surface area contributed by atoms with E-state index in [-0.39, 0.29) is 5.28 Å². The van der Waals surface area contributed by atoms with Crippen molar-refractivity contribution in [3.63, 3.8) is 0 Å². The Labute approximate surface area is 125 Å². The minimum absolute atomic E-state index is 0.0834. The molecule has 0 saturated heterocycles. The lowest BCUT2D eigenvalue weighted by molar-refractivity contribution is 0.0607. The Bertz CT molecular complexity index is 657. The van der Waals surface area contributed by atoms with Gasteiger partial charge in [0.15, 0.2) is 5.82 Å². The van der Waals surface area contributed by atoms with Crippen LogP contribution < -0.4 is 4.90 Å². The van der Waals surface area contributed by atoms with Crippen LogP contribution in [0.4, 0.5) is 5.95 Å². The van der Waals surface area contributed by atoms with Gasteiger partial charge in [-0.15, -0.1) is 11.3 Å². The summed E-state index contributed by atoms with van der Waals surface area (Å²) in [5.41, 5.74) is 1.52. The van der Waals surface area contributed by atoms with E-state index < -0.39 is 5.97 Å². The first-order valence-corrected chi connectivity index (χ1v) is 6.95. The Morgan fingerprint density at radius 3 is 2.65 bits per heavy atom. The van der Waals surface area contributed by atoms with Gasteiger partial charge in [-0.2, -0.15) is 15.0 Å². The van der Waals surface area contributed by atoms with Crippen LogP contribution in [0.1, 0.15) is 15.2 Å². The normalized spacial score (nSPS) is 10.4. The third kappa shape index (κ3) is 2.73. The number of aryl methyl sites for hydroxylation is 1. The average Bonchev–Trinajstić information content (AvgIpc) is 2.79. The van der Waals surface area contributed by atoms with E-state index in [4.69, 9.17) is 16.3 Å². The minimum Gasteiger partial charge on any atom is -0.465 e. The van der Waals surface area contributed by atoms with Crippen molar-refractivity contribution in [2.24, 2.45) is 0 Å². The summed E-state index contributed by atoms with van der Waals surface area (Å²) in [6.45, 7) is 1.88. The maximum atomic E-state index is 11.8. The topological polar surface area (TPSA) is 68.2 Å². The lowest BCUT2D eigenvalue weighted by Crippen LogP contribution is -2.14. The number of rotatable bonds is 3. The third-order valence-electron chi connectivity index (χ3n) is 2.57. The summed E-state index contributed by atoms with van der Waals surface area (Å²) in [6.07, 6.45) is 0. The van der Waals surface area contributed by atoms with Crippen LogP contribution >= 0.6 is 22.9 Å². The van der Waals surface area contributed by atoms with Gasteiger partial charge < -0.3 is 9.64 Å². The van der Waals surface area contributed by atoms with Gasteiger partial charge in [-0.25, -0.2) is 4.79 Å². The monoisotopic (exact) mass is 312 g/mol. The second-order valence-corrected chi connectivity index (χ2v) is 5.45. The van der Waals surface area contributed by atoms with Crippen LogP contribution in [-0.4, -0.2) is 42.1 Å². The molecule has 8 heteroatoms. The third-order valence-corrected chi connectivity index (χ3v) is 3.81. The van der Waals surface area contributed by atoms with Crippen LogP contribution in [0.5, 0.6) is 0 Å². The summed E-state index contributed by atoms with van der Waals surface area (Å²) >= 11 is 7.22. The number of halogens is 1. The van der Waals surface area contributed by atoms with Gasteiger partial charge in [0.1, 0.15) is 4.88 Å². The molecule has 0 radical (unpaired) electrons. The lowest BCUT2D eigenvalue weighted by Gasteiger charge is -2.11. The Balaban J connectivity index is 2.62. The van der Waals surface area contributed by atoms with Gasteiger partial charge in [0.05, 0.1) is 7.11 Å². The predicted molar refractivity (Wildman–Crippen MR) is 78.6 cm³/mol. The summed E-state index contributed by atoms with van der Waals surface area (Å²) in [5, 5.41) is 1.94. The molecule has 2 aromatic rings. The van der Waals surface area contributed by atoms with Crippen LogP contribution in [0.25, 0.3) is 11.4 Å². The molecule has 0 aliphatic heterocycles. The molecule has 0 N–H and O–H groups in total. The van der Waals surface area contributed by atoms with Gasteiger partial charge in [0.25, 0.3) is 0 Å². The van der Waals surface area contributed by atoms with Crippen molar-refractivity contribution in [3.8, 4) is 11.4 Å². The van der Waals surface area contributed by atoms with Crippen LogP contribution in [0.3, 0.4) is 0 Å². The van der Waals surface area contributed by atoms with E-state index in [1.165, 1.54) is 18.4 Å². The smallest absolute Gasteiger partial charge is 0.348 e. The number of hydrogen-bond donors (Lipinski definition) is 0. The van der Waals surface area contributed by atoms with Crippen molar-refractivity contribution in [2.75, 3.05) is 26.1 Å². The first-order chi connectivity index (χ1) is 9.43. The SMILES string of the molecule is COC(=O)c1scc(C)c1-c1nc(Cl)nc(N(C)C)n1. The van der Waals surface area contributed by atoms with Gasteiger partial charge in [-0.3, -0.25) is 0 Å². The highest BCUT2D eigenvalue weighted by Crippen LogP contribution is 2.31. The van der Waals surface area contributed by atoms with E-state index in [1.807, 2.05) is 12.3 Å². The second-order valence-electron chi connectivity index (χ2n) is 4.24. The van der Waals surface area contributed by atoms with Crippen molar-refractivity contribution in [1.82, 2.24) is 15.0 Å².